The lowest BCUT2D eigenvalue weighted by molar-refractivity contribution is 0.411. The van der Waals surface area contributed by atoms with Gasteiger partial charge < -0.3 is 5.73 Å². The normalized spacial score (nSPS) is 15.6. The predicted molar refractivity (Wildman–Crippen MR) is 69.8 cm³/mol. The standard InChI is InChI=1S/C12H15F2N3O2S/c13-10-4-3-9(7-11(10)14)20(18,19)17(8-1-2-8)6-5-12(15)16/h3-4,7-8H,1-2,5-6H2,(H3,15,16). The topological polar surface area (TPSA) is 87.2 Å². The zero-order chi connectivity index (χ0) is 14.9. The van der Waals surface area contributed by atoms with Crippen LogP contribution in [0.2, 0.25) is 0 Å². The molecule has 2 rings (SSSR count). The molecule has 1 aromatic carbocycles. The molecule has 3 N–H and O–H groups in total. The first-order chi connectivity index (χ1) is 9.32. The van der Waals surface area contributed by atoms with E-state index in [-0.39, 0.29) is 29.7 Å². The summed E-state index contributed by atoms with van der Waals surface area (Å²) in [6, 6.07) is 2.36. The Bertz CT molecular complexity index is 630. The van der Waals surface area contributed by atoms with Crippen LogP contribution in [0.4, 0.5) is 8.78 Å². The molecule has 0 bridgehead atoms. The van der Waals surface area contributed by atoms with Crippen molar-refractivity contribution in [3.05, 3.63) is 29.8 Å². The average molecular weight is 303 g/mol. The molecule has 0 aromatic heterocycles. The third kappa shape index (κ3) is 3.13. The van der Waals surface area contributed by atoms with Gasteiger partial charge in [0.05, 0.1) is 10.7 Å². The van der Waals surface area contributed by atoms with Crippen molar-refractivity contribution in [2.24, 2.45) is 5.73 Å². The van der Waals surface area contributed by atoms with Crippen molar-refractivity contribution >= 4 is 15.9 Å². The lowest BCUT2D eigenvalue weighted by Gasteiger charge is -2.21. The third-order valence-electron chi connectivity index (χ3n) is 3.05. The summed E-state index contributed by atoms with van der Waals surface area (Å²) in [5.41, 5.74) is 5.24. The molecule has 0 atom stereocenters. The fraction of sp³-hybridized carbons (Fsp3) is 0.417. The summed E-state index contributed by atoms with van der Waals surface area (Å²) in [6.45, 7) is 0.0708. The molecule has 5 nitrogen and oxygen atoms in total. The second-order valence-corrected chi connectivity index (χ2v) is 6.59. The Kier molecular flexibility index (Phi) is 4.05. The van der Waals surface area contributed by atoms with Crippen molar-refractivity contribution in [1.29, 1.82) is 5.41 Å². The Hall–Kier alpha value is -1.54. The number of nitrogens with one attached hydrogen (secondary N) is 1. The van der Waals surface area contributed by atoms with E-state index in [1.807, 2.05) is 0 Å². The van der Waals surface area contributed by atoms with Gasteiger partial charge in [0.15, 0.2) is 11.6 Å². The minimum Gasteiger partial charge on any atom is -0.388 e. The fourth-order valence-electron chi connectivity index (χ4n) is 1.86. The van der Waals surface area contributed by atoms with Gasteiger partial charge >= 0.3 is 0 Å². The van der Waals surface area contributed by atoms with Crippen LogP contribution < -0.4 is 5.73 Å². The van der Waals surface area contributed by atoms with Crippen LogP contribution in [0.3, 0.4) is 0 Å². The first kappa shape index (κ1) is 14.9. The number of benzene rings is 1. The van der Waals surface area contributed by atoms with Crippen LogP contribution in [0.25, 0.3) is 0 Å². The monoisotopic (exact) mass is 303 g/mol. The SMILES string of the molecule is N=C(N)CCN(C1CC1)S(=O)(=O)c1ccc(F)c(F)c1. The van der Waals surface area contributed by atoms with E-state index in [2.05, 4.69) is 0 Å². The fourth-order valence-corrected chi connectivity index (χ4v) is 3.56. The zero-order valence-electron chi connectivity index (χ0n) is 10.6. The number of hydrogen-bond donors (Lipinski definition) is 2. The second-order valence-electron chi connectivity index (χ2n) is 4.70. The molecule has 0 radical (unpaired) electrons. The van der Waals surface area contributed by atoms with E-state index in [1.54, 1.807) is 0 Å². The highest BCUT2D eigenvalue weighted by Crippen LogP contribution is 2.32. The third-order valence-corrected chi connectivity index (χ3v) is 5.00. The molecular weight excluding hydrogens is 288 g/mol. The first-order valence-corrected chi connectivity index (χ1v) is 7.56. The highest BCUT2D eigenvalue weighted by atomic mass is 32.2. The maximum atomic E-state index is 13.2. The van der Waals surface area contributed by atoms with E-state index in [4.69, 9.17) is 11.1 Å². The van der Waals surface area contributed by atoms with Gasteiger partial charge in [0, 0.05) is 19.0 Å². The average Bonchev–Trinajstić information content (AvgIpc) is 3.16. The molecule has 20 heavy (non-hydrogen) atoms. The predicted octanol–water partition coefficient (Wildman–Crippen LogP) is 1.44. The molecule has 1 aliphatic rings. The minimum absolute atomic E-state index is 0.0708. The van der Waals surface area contributed by atoms with Crippen LogP contribution in [0.15, 0.2) is 23.1 Å². The molecule has 0 unspecified atom stereocenters. The van der Waals surface area contributed by atoms with Crippen LogP contribution in [-0.2, 0) is 10.0 Å². The lowest BCUT2D eigenvalue weighted by Crippen LogP contribution is -2.35. The smallest absolute Gasteiger partial charge is 0.243 e. The highest BCUT2D eigenvalue weighted by molar-refractivity contribution is 7.89. The Balaban J connectivity index is 2.29. The Morgan fingerprint density at radius 1 is 1.35 bits per heavy atom. The molecule has 1 fully saturated rings. The molecule has 1 aromatic rings. The van der Waals surface area contributed by atoms with Crippen molar-refractivity contribution in [1.82, 2.24) is 4.31 Å². The van der Waals surface area contributed by atoms with Gasteiger partial charge in [-0.2, -0.15) is 4.31 Å². The summed E-state index contributed by atoms with van der Waals surface area (Å²) in [4.78, 5) is -0.285. The van der Waals surface area contributed by atoms with Crippen molar-refractivity contribution in [3.63, 3.8) is 0 Å². The molecule has 1 aliphatic carbocycles. The number of amidine groups is 1. The van der Waals surface area contributed by atoms with Gasteiger partial charge in [-0.3, -0.25) is 5.41 Å². The molecule has 0 saturated heterocycles. The van der Waals surface area contributed by atoms with Gasteiger partial charge in [0.25, 0.3) is 0 Å². The van der Waals surface area contributed by atoms with Gasteiger partial charge in [-0.15, -0.1) is 0 Å². The minimum atomic E-state index is -3.90. The van der Waals surface area contributed by atoms with Crippen LogP contribution in [0.1, 0.15) is 19.3 Å². The molecule has 110 valence electrons. The first-order valence-electron chi connectivity index (χ1n) is 6.12. The van der Waals surface area contributed by atoms with Crippen molar-refractivity contribution in [3.8, 4) is 0 Å². The van der Waals surface area contributed by atoms with E-state index in [0.717, 1.165) is 25.0 Å². The van der Waals surface area contributed by atoms with Crippen molar-refractivity contribution in [2.75, 3.05) is 6.54 Å². The van der Waals surface area contributed by atoms with E-state index in [1.165, 1.54) is 4.31 Å². The molecule has 0 heterocycles. The summed E-state index contributed by atoms with van der Waals surface area (Å²) in [5.74, 6) is -2.41. The van der Waals surface area contributed by atoms with Crippen molar-refractivity contribution < 1.29 is 17.2 Å². The number of rotatable bonds is 6. The zero-order valence-corrected chi connectivity index (χ0v) is 11.5. The number of hydrogen-bond acceptors (Lipinski definition) is 3. The number of halogens is 2. The maximum Gasteiger partial charge on any atom is 0.243 e. The number of nitrogens with two attached hydrogens (primary N) is 1. The summed E-state index contributed by atoms with van der Waals surface area (Å²) in [6.07, 6.45) is 1.56. The largest absolute Gasteiger partial charge is 0.388 e. The van der Waals surface area contributed by atoms with Gasteiger partial charge in [-0.25, -0.2) is 17.2 Å². The lowest BCUT2D eigenvalue weighted by atomic mass is 10.3. The summed E-state index contributed by atoms with van der Waals surface area (Å²) >= 11 is 0. The quantitative estimate of drug-likeness (QED) is 0.616. The summed E-state index contributed by atoms with van der Waals surface area (Å²) in [7, 11) is -3.90. The van der Waals surface area contributed by atoms with Crippen molar-refractivity contribution in [2.45, 2.75) is 30.2 Å². The Morgan fingerprint density at radius 3 is 2.50 bits per heavy atom. The highest BCUT2D eigenvalue weighted by Gasteiger charge is 2.38. The maximum absolute atomic E-state index is 13.2. The second kappa shape index (κ2) is 5.45. The number of sulfonamides is 1. The van der Waals surface area contributed by atoms with Gasteiger partial charge in [-0.05, 0) is 31.0 Å². The molecule has 0 amide bonds. The molecule has 8 heteroatoms. The Morgan fingerprint density at radius 2 is 2.00 bits per heavy atom. The van der Waals surface area contributed by atoms with E-state index in [0.29, 0.717) is 6.07 Å². The van der Waals surface area contributed by atoms with Gasteiger partial charge in [-0.1, -0.05) is 0 Å². The molecule has 0 aliphatic heterocycles. The molecular formula is C12H15F2N3O2S. The van der Waals surface area contributed by atoms with Gasteiger partial charge in [0.2, 0.25) is 10.0 Å². The van der Waals surface area contributed by atoms with Gasteiger partial charge in [0.1, 0.15) is 0 Å². The van der Waals surface area contributed by atoms with Crippen LogP contribution in [0.5, 0.6) is 0 Å². The van der Waals surface area contributed by atoms with Crippen LogP contribution in [-0.4, -0.2) is 31.1 Å². The number of nitrogens with zero attached hydrogens (tertiary/aromatic N) is 1. The van der Waals surface area contributed by atoms with E-state index >= 15 is 0 Å². The molecule has 1 saturated carbocycles. The molecule has 0 spiro atoms. The Labute approximate surface area is 115 Å². The van der Waals surface area contributed by atoms with Crippen LogP contribution >= 0.6 is 0 Å². The van der Waals surface area contributed by atoms with E-state index < -0.39 is 21.7 Å². The summed E-state index contributed by atoms with van der Waals surface area (Å²) in [5, 5.41) is 7.17. The van der Waals surface area contributed by atoms with Crippen LogP contribution in [0, 0.1) is 17.0 Å². The van der Waals surface area contributed by atoms with E-state index in [9.17, 15) is 17.2 Å². The summed E-state index contributed by atoms with van der Waals surface area (Å²) < 4.78 is 52.1.